The lowest BCUT2D eigenvalue weighted by molar-refractivity contribution is -0.127. The normalized spacial score (nSPS) is 14.3. The molecule has 1 aliphatic rings. The number of aromatic hydroxyl groups is 1. The number of hydrogen-bond acceptors (Lipinski definition) is 3. The number of carbonyl (C=O) groups is 1. The van der Waals surface area contributed by atoms with E-state index in [4.69, 9.17) is 0 Å². The summed E-state index contributed by atoms with van der Waals surface area (Å²) in [6.07, 6.45) is 2.97. The van der Waals surface area contributed by atoms with Crippen molar-refractivity contribution in [2.24, 2.45) is 0 Å². The number of carbonyl (C=O) groups excluding carboxylic acids is 1. The molecule has 0 unspecified atom stereocenters. The fourth-order valence-electron chi connectivity index (χ4n) is 2.93. The van der Waals surface area contributed by atoms with Gasteiger partial charge >= 0.3 is 0 Å². The first-order valence-corrected chi connectivity index (χ1v) is 9.48. The molecule has 0 saturated carbocycles. The van der Waals surface area contributed by atoms with Crippen molar-refractivity contribution in [1.29, 1.82) is 0 Å². The van der Waals surface area contributed by atoms with E-state index in [0.717, 1.165) is 18.5 Å². The van der Waals surface area contributed by atoms with Crippen LogP contribution in [0.3, 0.4) is 0 Å². The molecule has 4 heteroatoms. The van der Waals surface area contributed by atoms with Gasteiger partial charge in [0, 0.05) is 18.0 Å². The largest absolute Gasteiger partial charge is 0.508 e. The van der Waals surface area contributed by atoms with E-state index >= 15 is 0 Å². The Hall–Kier alpha value is -2.20. The minimum atomic E-state index is 0.187. The molecule has 0 saturated heterocycles. The highest BCUT2D eigenvalue weighted by atomic mass is 32.2. The van der Waals surface area contributed by atoms with E-state index in [1.165, 1.54) is 21.6 Å². The van der Waals surface area contributed by atoms with Crippen molar-refractivity contribution in [2.75, 3.05) is 18.8 Å². The van der Waals surface area contributed by atoms with E-state index in [1.54, 1.807) is 23.9 Å². The monoisotopic (exact) mass is 353 g/mol. The number of nitrogens with zero attached hydrogens (tertiary/aromatic N) is 1. The summed E-state index contributed by atoms with van der Waals surface area (Å²) in [7, 11) is 0. The number of hydrogen-bond donors (Lipinski definition) is 1. The molecule has 1 aliphatic heterocycles. The van der Waals surface area contributed by atoms with Crippen molar-refractivity contribution in [3.05, 3.63) is 65.2 Å². The van der Waals surface area contributed by atoms with Crippen molar-refractivity contribution < 1.29 is 9.90 Å². The second kappa shape index (κ2) is 7.79. The number of rotatable bonds is 4. The second-order valence-electron chi connectivity index (χ2n) is 6.42. The van der Waals surface area contributed by atoms with Crippen LogP contribution in [0, 0.1) is 13.8 Å². The zero-order valence-electron chi connectivity index (χ0n) is 14.7. The molecule has 0 spiro atoms. The van der Waals surface area contributed by atoms with Crippen molar-refractivity contribution in [3.63, 3.8) is 0 Å². The minimum Gasteiger partial charge on any atom is -0.508 e. The predicted molar refractivity (Wildman–Crippen MR) is 104 cm³/mol. The van der Waals surface area contributed by atoms with Crippen molar-refractivity contribution in [3.8, 4) is 5.75 Å². The highest BCUT2D eigenvalue weighted by molar-refractivity contribution is 8.00. The lowest BCUT2D eigenvalue weighted by Gasteiger charge is -2.26. The van der Waals surface area contributed by atoms with Crippen LogP contribution in [0.1, 0.15) is 23.1 Å². The van der Waals surface area contributed by atoms with E-state index in [1.807, 2.05) is 17.0 Å². The summed E-state index contributed by atoms with van der Waals surface area (Å²) in [4.78, 5) is 15.6. The molecule has 0 bridgehead atoms. The lowest BCUT2D eigenvalue weighted by atomic mass is 9.99. The molecule has 0 radical (unpaired) electrons. The lowest BCUT2D eigenvalue weighted by Crippen LogP contribution is -2.35. The molecule has 25 heavy (non-hydrogen) atoms. The Morgan fingerprint density at radius 3 is 2.60 bits per heavy atom. The van der Waals surface area contributed by atoms with Gasteiger partial charge in [-0.05, 0) is 55.2 Å². The summed E-state index contributed by atoms with van der Waals surface area (Å²) >= 11 is 1.62. The van der Waals surface area contributed by atoms with Crippen LogP contribution in [0.15, 0.2) is 53.4 Å². The van der Waals surface area contributed by atoms with Crippen LogP contribution >= 0.6 is 11.8 Å². The first-order valence-electron chi connectivity index (χ1n) is 8.49. The van der Waals surface area contributed by atoms with Gasteiger partial charge in [0.15, 0.2) is 0 Å². The smallest absolute Gasteiger partial charge is 0.233 e. The average molecular weight is 353 g/mol. The molecule has 1 N–H and O–H groups in total. The number of amides is 1. The van der Waals surface area contributed by atoms with Gasteiger partial charge in [0.05, 0.1) is 5.75 Å². The van der Waals surface area contributed by atoms with Gasteiger partial charge in [-0.15, -0.1) is 11.8 Å². The van der Waals surface area contributed by atoms with Crippen LogP contribution in [-0.4, -0.2) is 34.8 Å². The van der Waals surface area contributed by atoms with Crippen molar-refractivity contribution >= 4 is 23.2 Å². The molecular formula is C21H23NO2S. The van der Waals surface area contributed by atoms with Gasteiger partial charge in [0.25, 0.3) is 0 Å². The Labute approximate surface area is 153 Å². The van der Waals surface area contributed by atoms with E-state index in [0.29, 0.717) is 12.3 Å². The average Bonchev–Trinajstić information content (AvgIpc) is 2.63. The first kappa shape index (κ1) is 17.6. The Kier molecular flexibility index (Phi) is 5.49. The topological polar surface area (TPSA) is 40.5 Å². The Balaban J connectivity index is 1.57. The van der Waals surface area contributed by atoms with Crippen molar-refractivity contribution in [2.45, 2.75) is 25.2 Å². The third-order valence-corrected chi connectivity index (χ3v) is 5.64. The summed E-state index contributed by atoms with van der Waals surface area (Å²) in [5.74, 6) is 0.944. The van der Waals surface area contributed by atoms with Crippen LogP contribution in [0.4, 0.5) is 0 Å². The number of phenols is 1. The molecule has 130 valence electrons. The third-order valence-electron chi connectivity index (χ3n) is 4.49. The maximum atomic E-state index is 12.5. The van der Waals surface area contributed by atoms with Crippen molar-refractivity contribution in [1.82, 2.24) is 4.90 Å². The molecule has 1 amide bonds. The van der Waals surface area contributed by atoms with Gasteiger partial charge < -0.3 is 10.0 Å². The molecule has 0 aliphatic carbocycles. The number of phenolic OH excluding ortho intramolecular Hbond substituents is 1. The summed E-state index contributed by atoms with van der Waals surface area (Å²) in [5, 5.41) is 9.38. The van der Waals surface area contributed by atoms with Gasteiger partial charge in [-0.2, -0.15) is 0 Å². The van der Waals surface area contributed by atoms with Crippen LogP contribution in [-0.2, 0) is 4.79 Å². The Morgan fingerprint density at radius 2 is 1.92 bits per heavy atom. The fraction of sp³-hybridized carbons (Fsp3) is 0.286. The molecule has 3 nitrogen and oxygen atoms in total. The molecular weight excluding hydrogens is 330 g/mol. The SMILES string of the molecule is Cc1ccc(C)c(SCC(=O)N2CC=C(c3ccc(O)cc3)CC2)c1. The quantitative estimate of drug-likeness (QED) is 0.827. The van der Waals surface area contributed by atoms with Gasteiger partial charge in [-0.25, -0.2) is 0 Å². The van der Waals surface area contributed by atoms with Crippen LogP contribution < -0.4 is 0 Å². The maximum absolute atomic E-state index is 12.5. The number of thioether (sulfide) groups is 1. The predicted octanol–water partition coefficient (Wildman–Crippen LogP) is 4.42. The number of aryl methyl sites for hydroxylation is 2. The molecule has 0 atom stereocenters. The molecule has 0 fully saturated rings. The number of benzene rings is 2. The molecule has 3 rings (SSSR count). The molecule has 1 heterocycles. The van der Waals surface area contributed by atoms with Crippen LogP contribution in [0.25, 0.3) is 5.57 Å². The molecule has 2 aromatic rings. The fourth-order valence-corrected chi connectivity index (χ4v) is 3.95. The van der Waals surface area contributed by atoms with Gasteiger partial charge in [-0.3, -0.25) is 4.79 Å². The molecule has 2 aromatic carbocycles. The zero-order chi connectivity index (χ0) is 17.8. The van der Waals surface area contributed by atoms with Crippen LogP contribution in [0.5, 0.6) is 5.75 Å². The Bertz CT molecular complexity index is 796. The van der Waals surface area contributed by atoms with E-state index in [2.05, 4.69) is 38.1 Å². The highest BCUT2D eigenvalue weighted by Crippen LogP contribution is 2.26. The van der Waals surface area contributed by atoms with E-state index < -0.39 is 0 Å². The standard InChI is InChI=1S/C21H23NO2S/c1-15-3-4-16(2)20(13-15)25-14-21(24)22-11-9-18(10-12-22)17-5-7-19(23)8-6-17/h3-9,13,23H,10-12,14H2,1-2H3. The maximum Gasteiger partial charge on any atom is 0.233 e. The van der Waals surface area contributed by atoms with E-state index in [9.17, 15) is 9.90 Å². The van der Waals surface area contributed by atoms with Gasteiger partial charge in [0.1, 0.15) is 5.75 Å². The summed E-state index contributed by atoms with van der Waals surface area (Å²) in [6, 6.07) is 13.6. The summed E-state index contributed by atoms with van der Waals surface area (Å²) in [6.45, 7) is 5.56. The van der Waals surface area contributed by atoms with Gasteiger partial charge in [0.2, 0.25) is 5.91 Å². The van der Waals surface area contributed by atoms with Gasteiger partial charge in [-0.1, -0.05) is 35.9 Å². The minimum absolute atomic E-state index is 0.187. The Morgan fingerprint density at radius 1 is 1.16 bits per heavy atom. The summed E-state index contributed by atoms with van der Waals surface area (Å²) in [5.41, 5.74) is 4.80. The second-order valence-corrected chi connectivity index (χ2v) is 7.44. The first-order chi connectivity index (χ1) is 12.0. The molecule has 0 aromatic heterocycles. The highest BCUT2D eigenvalue weighted by Gasteiger charge is 2.18. The summed E-state index contributed by atoms with van der Waals surface area (Å²) < 4.78 is 0. The zero-order valence-corrected chi connectivity index (χ0v) is 15.5. The third kappa shape index (κ3) is 4.45. The van der Waals surface area contributed by atoms with Crippen LogP contribution in [0.2, 0.25) is 0 Å². The van der Waals surface area contributed by atoms with E-state index in [-0.39, 0.29) is 11.7 Å².